The molecule has 0 aromatic carbocycles. The van der Waals surface area contributed by atoms with E-state index in [1.807, 2.05) is 11.8 Å². The summed E-state index contributed by atoms with van der Waals surface area (Å²) in [5.74, 6) is 0. The van der Waals surface area contributed by atoms with Crippen molar-refractivity contribution in [1.29, 1.82) is 0 Å². The Morgan fingerprint density at radius 3 is 1.46 bits per heavy atom. The Kier molecular flexibility index (Phi) is 14.9. The van der Waals surface area contributed by atoms with Gasteiger partial charge in [0.1, 0.15) is 0 Å². The smallest absolute Gasteiger partial charge is 0.390 e. The maximum absolute atomic E-state index is 10.1. The van der Waals surface area contributed by atoms with E-state index < -0.39 is 29.8 Å². The van der Waals surface area contributed by atoms with Gasteiger partial charge in [-0.1, -0.05) is 6.92 Å². The van der Waals surface area contributed by atoms with Crippen molar-refractivity contribution in [2.75, 3.05) is 46.1 Å². The van der Waals surface area contributed by atoms with Crippen molar-refractivity contribution in [1.82, 2.24) is 4.90 Å². The molecule has 0 bridgehead atoms. The van der Waals surface area contributed by atoms with Crippen LogP contribution in [-0.4, -0.2) is 120 Å². The lowest BCUT2D eigenvalue weighted by molar-refractivity contribution is -0.0103. The van der Waals surface area contributed by atoms with Gasteiger partial charge >= 0.3 is 17.6 Å². The maximum atomic E-state index is 10.1. The second-order valence-electron chi connectivity index (χ2n) is 6.97. The first-order chi connectivity index (χ1) is 12.9. The zero-order valence-electron chi connectivity index (χ0n) is 16.5. The minimum absolute atomic E-state index is 0.0543. The zero-order chi connectivity index (χ0) is 21.6. The SMILES string of the molecule is CCCN(CC(O)COCCC[Si](O)(O)O)CC(O)COCCC[Si](O)(O)O. The third-order valence-electron chi connectivity index (χ3n) is 3.70. The highest BCUT2D eigenvalue weighted by molar-refractivity contribution is 6.56. The summed E-state index contributed by atoms with van der Waals surface area (Å²) in [5, 5.41) is 20.1. The molecule has 0 saturated heterocycles. The van der Waals surface area contributed by atoms with Crippen LogP contribution in [0.4, 0.5) is 0 Å². The topological polar surface area (TPSA) is 184 Å². The summed E-state index contributed by atoms with van der Waals surface area (Å²) in [6, 6.07) is -0.231. The van der Waals surface area contributed by atoms with Gasteiger partial charge in [0.15, 0.2) is 0 Å². The fourth-order valence-corrected chi connectivity index (χ4v) is 3.77. The number of rotatable bonds is 18. The highest BCUT2D eigenvalue weighted by Gasteiger charge is 2.26. The molecular weight excluding hydrogens is 410 g/mol. The molecule has 170 valence electrons. The van der Waals surface area contributed by atoms with Crippen molar-refractivity contribution in [2.24, 2.45) is 0 Å². The molecule has 0 heterocycles. The Balaban J connectivity index is 3.98. The van der Waals surface area contributed by atoms with E-state index in [1.54, 1.807) is 0 Å². The Hall–Kier alpha value is -0.00623. The van der Waals surface area contributed by atoms with Gasteiger partial charge in [0.05, 0.1) is 25.4 Å². The summed E-state index contributed by atoms with van der Waals surface area (Å²) in [5.41, 5.74) is 0. The van der Waals surface area contributed by atoms with Gasteiger partial charge in [-0.15, -0.1) is 0 Å². The van der Waals surface area contributed by atoms with E-state index in [2.05, 4.69) is 0 Å². The third kappa shape index (κ3) is 19.3. The molecule has 13 heteroatoms. The van der Waals surface area contributed by atoms with Crippen molar-refractivity contribution < 1.29 is 48.5 Å². The molecule has 0 rings (SSSR count). The molecule has 0 radical (unpaired) electrons. The molecule has 2 unspecified atom stereocenters. The van der Waals surface area contributed by atoms with Crippen LogP contribution in [0.5, 0.6) is 0 Å². The monoisotopic (exact) mass is 447 g/mol. The Morgan fingerprint density at radius 1 is 0.750 bits per heavy atom. The lowest BCUT2D eigenvalue weighted by atomic mass is 10.2. The lowest BCUT2D eigenvalue weighted by Gasteiger charge is -2.27. The molecular formula is C15H37NO10Si2. The zero-order valence-corrected chi connectivity index (χ0v) is 18.5. The molecule has 0 aliphatic rings. The Morgan fingerprint density at radius 2 is 1.14 bits per heavy atom. The summed E-state index contributed by atoms with van der Waals surface area (Å²) in [4.78, 5) is 55.2. The number of hydrogen-bond acceptors (Lipinski definition) is 11. The van der Waals surface area contributed by atoms with Crippen molar-refractivity contribution in [3.8, 4) is 0 Å². The maximum Gasteiger partial charge on any atom is 0.492 e. The van der Waals surface area contributed by atoms with Gasteiger partial charge in [-0.2, -0.15) is 0 Å². The van der Waals surface area contributed by atoms with Gasteiger partial charge in [-0.3, -0.25) is 4.90 Å². The van der Waals surface area contributed by atoms with E-state index in [9.17, 15) is 10.2 Å². The molecule has 0 saturated carbocycles. The predicted molar refractivity (Wildman–Crippen MR) is 104 cm³/mol. The van der Waals surface area contributed by atoms with Gasteiger partial charge in [-0.25, -0.2) is 0 Å². The molecule has 2 atom stereocenters. The minimum Gasteiger partial charge on any atom is -0.390 e. The lowest BCUT2D eigenvalue weighted by Crippen LogP contribution is -2.41. The fourth-order valence-electron chi connectivity index (χ4n) is 2.54. The first kappa shape index (κ1) is 28.0. The molecule has 0 spiro atoms. The first-order valence-electron chi connectivity index (χ1n) is 9.51. The van der Waals surface area contributed by atoms with Crippen LogP contribution in [-0.2, 0) is 9.47 Å². The summed E-state index contributed by atoms with van der Waals surface area (Å²) in [7, 11) is -8.08. The summed E-state index contributed by atoms with van der Waals surface area (Å²) >= 11 is 0. The van der Waals surface area contributed by atoms with Crippen LogP contribution in [0.1, 0.15) is 26.2 Å². The minimum atomic E-state index is -4.04. The highest BCUT2D eigenvalue weighted by atomic mass is 28.4. The van der Waals surface area contributed by atoms with E-state index in [-0.39, 0.29) is 64.4 Å². The van der Waals surface area contributed by atoms with Crippen molar-refractivity contribution >= 4 is 17.6 Å². The second kappa shape index (κ2) is 14.9. The fraction of sp³-hybridized carbons (Fsp3) is 1.00. The summed E-state index contributed by atoms with van der Waals surface area (Å²) in [6.45, 7) is 3.71. The van der Waals surface area contributed by atoms with Gasteiger partial charge in [0.2, 0.25) is 0 Å². The van der Waals surface area contributed by atoms with Crippen LogP contribution in [0.15, 0.2) is 0 Å². The largest absolute Gasteiger partial charge is 0.492 e. The van der Waals surface area contributed by atoms with E-state index in [0.29, 0.717) is 6.54 Å². The number of aliphatic hydroxyl groups excluding tert-OH is 2. The molecule has 0 aliphatic heterocycles. The second-order valence-corrected chi connectivity index (χ2v) is 11.1. The molecule has 0 amide bonds. The number of ether oxygens (including phenoxy) is 2. The van der Waals surface area contributed by atoms with Crippen LogP contribution in [0.2, 0.25) is 12.1 Å². The molecule has 0 aromatic rings. The highest BCUT2D eigenvalue weighted by Crippen LogP contribution is 2.04. The van der Waals surface area contributed by atoms with Crippen molar-refractivity contribution in [3.05, 3.63) is 0 Å². The Labute approximate surface area is 168 Å². The molecule has 0 fully saturated rings. The number of hydrogen-bond donors (Lipinski definition) is 8. The standard InChI is InChI=1S/C15H37NO10Si2/c1-2-5-16(10-14(17)12-25-6-3-8-27(19,20)21)11-15(18)13-26-7-4-9-28(22,23)24/h14-15,17-24H,2-13H2,1H3. The average Bonchev–Trinajstić information content (AvgIpc) is 2.52. The van der Waals surface area contributed by atoms with Crippen molar-refractivity contribution in [3.63, 3.8) is 0 Å². The first-order valence-corrected chi connectivity index (χ1v) is 13.6. The molecule has 0 aliphatic carbocycles. The van der Waals surface area contributed by atoms with E-state index in [0.717, 1.165) is 6.42 Å². The molecule has 28 heavy (non-hydrogen) atoms. The van der Waals surface area contributed by atoms with Gasteiger partial charge < -0.3 is 48.5 Å². The summed E-state index contributed by atoms with van der Waals surface area (Å²) in [6.07, 6.45) is -0.174. The predicted octanol–water partition coefficient (Wildman–Crippen LogP) is -2.93. The Bertz CT molecular complexity index is 349. The van der Waals surface area contributed by atoms with E-state index in [1.165, 1.54) is 0 Å². The van der Waals surface area contributed by atoms with Crippen LogP contribution in [0, 0.1) is 0 Å². The number of aliphatic hydroxyl groups is 2. The van der Waals surface area contributed by atoms with Crippen LogP contribution >= 0.6 is 0 Å². The number of nitrogens with zero attached hydrogens (tertiary/aromatic N) is 1. The van der Waals surface area contributed by atoms with Gasteiger partial charge in [0.25, 0.3) is 0 Å². The van der Waals surface area contributed by atoms with Gasteiger partial charge in [-0.05, 0) is 25.8 Å². The molecule has 11 nitrogen and oxygen atoms in total. The molecule has 8 N–H and O–H groups in total. The van der Waals surface area contributed by atoms with Gasteiger partial charge in [0, 0.05) is 38.4 Å². The quantitative estimate of drug-likeness (QED) is 0.0794. The van der Waals surface area contributed by atoms with Crippen LogP contribution in [0.25, 0.3) is 0 Å². The van der Waals surface area contributed by atoms with Crippen molar-refractivity contribution in [2.45, 2.75) is 50.5 Å². The normalized spacial score (nSPS) is 15.2. The van der Waals surface area contributed by atoms with E-state index in [4.69, 9.17) is 38.2 Å². The molecule has 0 aromatic heterocycles. The van der Waals surface area contributed by atoms with E-state index >= 15 is 0 Å². The van der Waals surface area contributed by atoms with Crippen LogP contribution < -0.4 is 0 Å². The third-order valence-corrected chi connectivity index (χ3v) is 5.75. The average molecular weight is 448 g/mol. The van der Waals surface area contributed by atoms with Crippen LogP contribution in [0.3, 0.4) is 0 Å². The summed E-state index contributed by atoms with van der Waals surface area (Å²) < 4.78 is 10.5.